The van der Waals surface area contributed by atoms with Crippen LogP contribution < -0.4 is 14.1 Å². The van der Waals surface area contributed by atoms with E-state index in [0.717, 1.165) is 0 Å². The molecule has 0 aliphatic carbocycles. The van der Waals surface area contributed by atoms with Crippen LogP contribution in [-0.4, -0.2) is 48.1 Å². The van der Waals surface area contributed by atoms with Crippen LogP contribution in [0.5, 0.6) is 17.2 Å². The van der Waals surface area contributed by atoms with E-state index in [9.17, 15) is 5.02 Å². The lowest BCUT2D eigenvalue weighted by molar-refractivity contribution is -0.236. The summed E-state index contributed by atoms with van der Waals surface area (Å²) >= 11 is 0. The van der Waals surface area contributed by atoms with Crippen molar-refractivity contribution in [2.24, 2.45) is 0 Å². The molecule has 0 fully saturated rings. The molecule has 0 saturated heterocycles. The maximum atomic E-state index is 9.74. The Morgan fingerprint density at radius 2 is 1.48 bits per heavy atom. The maximum absolute atomic E-state index is 9.74. The fraction of sp³-hybridized carbons (Fsp3) is 0.625. The summed E-state index contributed by atoms with van der Waals surface area (Å²) in [5.41, 5.74) is 0. The normalized spacial score (nSPS) is 12.0. The number of benzene rings is 1. The van der Waals surface area contributed by atoms with Gasteiger partial charge in [0, 0.05) is 18.2 Å². The third-order valence-corrected chi connectivity index (χ3v) is 8.69. The highest BCUT2D eigenvalue weighted by Gasteiger charge is 2.36. The second-order valence-electron chi connectivity index (χ2n) is 7.00. The highest BCUT2D eigenvalue weighted by atomic mass is 28.4. The zero-order valence-corrected chi connectivity index (χ0v) is 17.1. The Bertz CT molecular complexity index is 511. The zero-order chi connectivity index (χ0) is 19.1. The first kappa shape index (κ1) is 21.8. The maximum Gasteiger partial charge on any atom is 0.739 e. The fourth-order valence-corrected chi connectivity index (χ4v) is 2.67. The van der Waals surface area contributed by atoms with E-state index in [4.69, 9.17) is 28.2 Å². The first-order valence-corrected chi connectivity index (χ1v) is 11.0. The van der Waals surface area contributed by atoms with Crippen molar-refractivity contribution >= 4 is 15.6 Å². The van der Waals surface area contributed by atoms with Crippen molar-refractivity contribution in [1.29, 1.82) is 0 Å². The molecule has 9 heteroatoms. The van der Waals surface area contributed by atoms with Gasteiger partial charge in [0.15, 0.2) is 8.32 Å². The lowest BCUT2D eigenvalue weighted by Gasteiger charge is -2.36. The predicted octanol–water partition coefficient (Wildman–Crippen LogP) is 3.03. The molecule has 0 aliphatic rings. The Balaban J connectivity index is 2.37. The van der Waals surface area contributed by atoms with Crippen molar-refractivity contribution in [2.75, 3.05) is 27.4 Å². The lowest BCUT2D eigenvalue weighted by Crippen LogP contribution is -2.41. The van der Waals surface area contributed by atoms with Crippen LogP contribution in [0.2, 0.25) is 18.1 Å². The molecule has 0 heterocycles. The minimum Gasteiger partial charge on any atom is -0.510 e. The lowest BCUT2D eigenvalue weighted by atomic mass is 10.2. The number of methoxy groups -OCH3 is 2. The highest BCUT2D eigenvalue weighted by molar-refractivity contribution is 6.74. The molecule has 1 aromatic rings. The summed E-state index contributed by atoms with van der Waals surface area (Å²) in [7, 11) is -0.351. The molecule has 0 aliphatic heterocycles. The molecule has 142 valence electrons. The number of hydrogen-bond donors (Lipinski definition) is 1. The van der Waals surface area contributed by atoms with Gasteiger partial charge in [-0.3, -0.25) is 0 Å². The van der Waals surface area contributed by atoms with Crippen molar-refractivity contribution in [3.05, 3.63) is 18.2 Å². The van der Waals surface area contributed by atoms with Gasteiger partial charge in [0.1, 0.15) is 23.9 Å². The van der Waals surface area contributed by atoms with E-state index in [2.05, 4.69) is 33.9 Å². The molecule has 0 spiro atoms. The summed E-state index contributed by atoms with van der Waals surface area (Å²) < 4.78 is 21.4. The van der Waals surface area contributed by atoms with E-state index in [0.29, 0.717) is 23.9 Å². The zero-order valence-electron chi connectivity index (χ0n) is 16.1. The first-order chi connectivity index (χ1) is 11.6. The van der Waals surface area contributed by atoms with Gasteiger partial charge in [-0.2, -0.15) is 0 Å². The summed E-state index contributed by atoms with van der Waals surface area (Å²) in [6.07, 6.45) is 0. The second kappa shape index (κ2) is 9.44. The minimum absolute atomic E-state index is 0.127. The molecule has 0 radical (unpaired) electrons. The molecule has 0 unspecified atom stereocenters. The molecule has 0 bridgehead atoms. The molecule has 25 heavy (non-hydrogen) atoms. The third-order valence-electron chi connectivity index (χ3n) is 4.15. The molecule has 1 aromatic carbocycles. The van der Waals surface area contributed by atoms with Crippen LogP contribution in [0, 0.1) is 0 Å². The molecule has 7 nitrogen and oxygen atoms in total. The van der Waals surface area contributed by atoms with E-state index >= 15 is 0 Å². The second-order valence-corrected chi connectivity index (χ2v) is 11.8. The molecule has 0 aromatic heterocycles. The van der Waals surface area contributed by atoms with Crippen LogP contribution >= 0.6 is 0 Å². The van der Waals surface area contributed by atoms with Crippen molar-refractivity contribution in [3.8, 4) is 17.2 Å². The van der Waals surface area contributed by atoms with Gasteiger partial charge in [0.25, 0.3) is 0 Å². The topological polar surface area (TPSA) is 75.6 Å². The summed E-state index contributed by atoms with van der Waals surface area (Å²) in [5, 5.41) is 9.86. The van der Waals surface area contributed by atoms with Gasteiger partial charge in [-0.15, -0.1) is 0 Å². The Labute approximate surface area is 151 Å². The predicted molar refractivity (Wildman–Crippen MR) is 98.3 cm³/mol. The summed E-state index contributed by atoms with van der Waals surface area (Å²) in [5.74, 6) is 1.39. The van der Waals surface area contributed by atoms with Crippen LogP contribution in [0.15, 0.2) is 18.2 Å². The fourth-order valence-electron chi connectivity index (χ4n) is 1.64. The van der Waals surface area contributed by atoms with Crippen molar-refractivity contribution in [2.45, 2.75) is 38.9 Å². The van der Waals surface area contributed by atoms with Gasteiger partial charge in [0.05, 0.1) is 20.8 Å². The van der Waals surface area contributed by atoms with Gasteiger partial charge in [-0.1, -0.05) is 20.8 Å². The number of rotatable bonds is 10. The van der Waals surface area contributed by atoms with E-state index in [-0.39, 0.29) is 11.6 Å². The summed E-state index contributed by atoms with van der Waals surface area (Å²) in [6.45, 7) is 11.4. The number of ether oxygens (including phenoxy) is 2. The molecule has 0 amide bonds. The Morgan fingerprint density at radius 3 is 1.96 bits per heavy atom. The Morgan fingerprint density at radius 1 is 0.960 bits per heavy atom. The SMILES string of the molecule is COc1cc(OC)cc(OB(O)OOCCO[Si](C)(C)C(C)(C)C)c1. The number of hydrogen-bond acceptors (Lipinski definition) is 7. The molecular formula is C16H29BO7Si. The summed E-state index contributed by atoms with van der Waals surface area (Å²) in [6, 6.07) is 4.88. The van der Waals surface area contributed by atoms with Crippen LogP contribution in [0.3, 0.4) is 0 Å². The van der Waals surface area contributed by atoms with E-state index in [1.54, 1.807) is 18.2 Å². The molecule has 1 rings (SSSR count). The van der Waals surface area contributed by atoms with Crippen LogP contribution in [0.25, 0.3) is 0 Å². The van der Waals surface area contributed by atoms with E-state index in [1.807, 2.05) is 0 Å². The molecule has 0 atom stereocenters. The quantitative estimate of drug-likeness (QED) is 0.293. The van der Waals surface area contributed by atoms with E-state index < -0.39 is 15.6 Å². The summed E-state index contributed by atoms with van der Waals surface area (Å²) in [4.78, 5) is 9.73. The van der Waals surface area contributed by atoms with Gasteiger partial charge < -0.3 is 23.6 Å². The van der Waals surface area contributed by atoms with Gasteiger partial charge in [-0.05, 0) is 18.1 Å². The first-order valence-electron chi connectivity index (χ1n) is 8.09. The van der Waals surface area contributed by atoms with Crippen LogP contribution in [0.1, 0.15) is 20.8 Å². The average Bonchev–Trinajstić information content (AvgIpc) is 2.52. The van der Waals surface area contributed by atoms with E-state index in [1.165, 1.54) is 14.2 Å². The molecule has 1 N–H and O–H groups in total. The smallest absolute Gasteiger partial charge is 0.510 e. The Hall–Kier alpha value is -1.26. The standard InChI is InChI=1S/C16H29BO7Si/c1-16(2,3)25(6,7)22-9-8-21-24-17(18)23-15-11-13(19-4)10-14(12-15)20-5/h10-12,18H,8-9H2,1-7H3. The monoisotopic (exact) mass is 372 g/mol. The molecular weight excluding hydrogens is 343 g/mol. The van der Waals surface area contributed by atoms with Gasteiger partial charge in [-0.25, -0.2) is 9.69 Å². The minimum atomic E-state index is -1.82. The highest BCUT2D eigenvalue weighted by Crippen LogP contribution is 2.36. The largest absolute Gasteiger partial charge is 0.739 e. The van der Waals surface area contributed by atoms with Crippen molar-refractivity contribution < 1.29 is 33.3 Å². The van der Waals surface area contributed by atoms with Crippen LogP contribution in [-0.2, 0) is 14.1 Å². The third kappa shape index (κ3) is 7.25. The van der Waals surface area contributed by atoms with Crippen molar-refractivity contribution in [1.82, 2.24) is 0 Å². The van der Waals surface area contributed by atoms with Crippen LogP contribution in [0.4, 0.5) is 0 Å². The van der Waals surface area contributed by atoms with Crippen molar-refractivity contribution in [3.63, 3.8) is 0 Å². The average molecular weight is 372 g/mol. The Kier molecular flexibility index (Phi) is 8.23. The van der Waals surface area contributed by atoms with Gasteiger partial charge in [0.2, 0.25) is 0 Å². The molecule has 0 saturated carbocycles. The van der Waals surface area contributed by atoms with Gasteiger partial charge >= 0.3 is 7.32 Å².